The number of rotatable bonds is 14. The lowest BCUT2D eigenvalue weighted by Crippen LogP contribution is -2.48. The zero-order chi connectivity index (χ0) is 15.9. The summed E-state index contributed by atoms with van der Waals surface area (Å²) >= 11 is 0. The van der Waals surface area contributed by atoms with Gasteiger partial charge in [0.1, 0.15) is 0 Å². The second kappa shape index (κ2) is 14.4. The van der Waals surface area contributed by atoms with E-state index in [9.17, 15) is 0 Å². The molecule has 0 aromatic rings. The first kappa shape index (κ1) is 19.8. The summed E-state index contributed by atoms with van der Waals surface area (Å²) in [5.41, 5.74) is 0. The van der Waals surface area contributed by atoms with Gasteiger partial charge in [-0.1, -0.05) is 6.92 Å². The number of likely N-dealkylation sites (N-methyl/N-ethyl adjacent to an activating group) is 1. The van der Waals surface area contributed by atoms with Gasteiger partial charge in [0.15, 0.2) is 0 Å². The van der Waals surface area contributed by atoms with E-state index in [0.29, 0.717) is 0 Å². The normalized spacial score (nSPS) is 17.2. The lowest BCUT2D eigenvalue weighted by atomic mass is 10.3. The Hall–Kier alpha value is -0.240. The highest BCUT2D eigenvalue weighted by atomic mass is 16.5. The molecule has 0 aromatic carbocycles. The molecule has 2 N–H and O–H groups in total. The van der Waals surface area contributed by atoms with E-state index < -0.39 is 0 Å². The van der Waals surface area contributed by atoms with Crippen molar-refractivity contribution in [1.29, 1.82) is 0 Å². The molecule has 1 rings (SSSR count). The second-order valence-electron chi connectivity index (χ2n) is 5.76. The number of nitrogens with one attached hydrogen (secondary N) is 2. The van der Waals surface area contributed by atoms with Crippen LogP contribution in [0.4, 0.5) is 0 Å². The number of nitrogens with zero attached hydrogens (tertiary/aromatic N) is 2. The Morgan fingerprint density at radius 1 is 0.773 bits per heavy atom. The third kappa shape index (κ3) is 10.5. The SMILES string of the molecule is CCCNCCOCCN1CCN(CCOCCNC)CC1. The molecule has 22 heavy (non-hydrogen) atoms. The molecule has 0 unspecified atom stereocenters. The van der Waals surface area contributed by atoms with E-state index in [1.807, 2.05) is 7.05 Å². The summed E-state index contributed by atoms with van der Waals surface area (Å²) in [4.78, 5) is 4.99. The van der Waals surface area contributed by atoms with Crippen molar-refractivity contribution in [3.05, 3.63) is 0 Å². The zero-order valence-corrected chi connectivity index (χ0v) is 14.6. The molecule has 0 atom stereocenters. The molecule has 0 amide bonds. The minimum atomic E-state index is 0.806. The fourth-order valence-electron chi connectivity index (χ4n) is 2.45. The fraction of sp³-hybridized carbons (Fsp3) is 1.00. The maximum absolute atomic E-state index is 5.67. The summed E-state index contributed by atoms with van der Waals surface area (Å²) < 4.78 is 11.2. The third-order valence-corrected chi connectivity index (χ3v) is 3.91. The fourth-order valence-corrected chi connectivity index (χ4v) is 2.45. The number of piperazine rings is 1. The molecule has 1 fully saturated rings. The largest absolute Gasteiger partial charge is 0.379 e. The van der Waals surface area contributed by atoms with Crippen LogP contribution >= 0.6 is 0 Å². The van der Waals surface area contributed by atoms with Gasteiger partial charge in [0, 0.05) is 52.4 Å². The molecule has 6 nitrogen and oxygen atoms in total. The van der Waals surface area contributed by atoms with Gasteiger partial charge in [-0.15, -0.1) is 0 Å². The van der Waals surface area contributed by atoms with Crippen LogP contribution in [0.15, 0.2) is 0 Å². The van der Waals surface area contributed by atoms with Gasteiger partial charge in [0.25, 0.3) is 0 Å². The quantitative estimate of drug-likeness (QED) is 0.435. The van der Waals surface area contributed by atoms with E-state index >= 15 is 0 Å². The third-order valence-electron chi connectivity index (χ3n) is 3.91. The Labute approximate surface area is 136 Å². The minimum Gasteiger partial charge on any atom is -0.379 e. The summed E-state index contributed by atoms with van der Waals surface area (Å²) in [5.74, 6) is 0. The van der Waals surface area contributed by atoms with Crippen molar-refractivity contribution in [2.24, 2.45) is 0 Å². The molecule has 0 saturated carbocycles. The van der Waals surface area contributed by atoms with Crippen molar-refractivity contribution < 1.29 is 9.47 Å². The molecule has 0 aliphatic carbocycles. The molecule has 0 radical (unpaired) electrons. The van der Waals surface area contributed by atoms with Crippen LogP contribution in [-0.2, 0) is 9.47 Å². The molecule has 1 aliphatic heterocycles. The van der Waals surface area contributed by atoms with Gasteiger partial charge in [-0.05, 0) is 20.0 Å². The summed E-state index contributed by atoms with van der Waals surface area (Å²) in [7, 11) is 1.95. The predicted octanol–water partition coefficient (Wildman–Crippen LogP) is -0.144. The monoisotopic (exact) mass is 316 g/mol. The lowest BCUT2D eigenvalue weighted by Gasteiger charge is -2.34. The number of ether oxygens (including phenoxy) is 2. The van der Waals surface area contributed by atoms with Crippen LogP contribution in [0.2, 0.25) is 0 Å². The first-order valence-electron chi connectivity index (χ1n) is 8.82. The summed E-state index contributed by atoms with van der Waals surface area (Å²) in [6.07, 6.45) is 1.19. The topological polar surface area (TPSA) is 49.0 Å². The predicted molar refractivity (Wildman–Crippen MR) is 91.6 cm³/mol. The van der Waals surface area contributed by atoms with E-state index in [0.717, 1.165) is 85.3 Å². The molecule has 1 saturated heterocycles. The van der Waals surface area contributed by atoms with Gasteiger partial charge in [-0.25, -0.2) is 0 Å². The Balaban J connectivity index is 1.88. The molecule has 0 aromatic heterocycles. The van der Waals surface area contributed by atoms with Crippen LogP contribution in [0.5, 0.6) is 0 Å². The molecule has 1 heterocycles. The van der Waals surface area contributed by atoms with Crippen molar-refractivity contribution in [2.75, 3.05) is 92.4 Å². The molecular formula is C16H36N4O2. The van der Waals surface area contributed by atoms with Gasteiger partial charge >= 0.3 is 0 Å². The first-order valence-corrected chi connectivity index (χ1v) is 8.82. The molecule has 6 heteroatoms. The lowest BCUT2D eigenvalue weighted by molar-refractivity contribution is 0.0581. The maximum atomic E-state index is 5.67. The summed E-state index contributed by atoms with van der Waals surface area (Å²) in [6, 6.07) is 0. The summed E-state index contributed by atoms with van der Waals surface area (Å²) in [6.45, 7) is 15.2. The van der Waals surface area contributed by atoms with Gasteiger partial charge < -0.3 is 20.1 Å². The minimum absolute atomic E-state index is 0.806. The van der Waals surface area contributed by atoms with Crippen molar-refractivity contribution in [3.63, 3.8) is 0 Å². The Kier molecular flexibility index (Phi) is 12.9. The number of hydrogen-bond donors (Lipinski definition) is 2. The van der Waals surface area contributed by atoms with Crippen molar-refractivity contribution in [1.82, 2.24) is 20.4 Å². The van der Waals surface area contributed by atoms with E-state index in [1.165, 1.54) is 6.42 Å². The van der Waals surface area contributed by atoms with Crippen LogP contribution < -0.4 is 10.6 Å². The zero-order valence-electron chi connectivity index (χ0n) is 14.6. The highest BCUT2D eigenvalue weighted by molar-refractivity contribution is 4.71. The Bertz CT molecular complexity index is 236. The average Bonchev–Trinajstić information content (AvgIpc) is 2.55. The molecule has 0 bridgehead atoms. The number of hydrogen-bond acceptors (Lipinski definition) is 6. The van der Waals surface area contributed by atoms with Crippen molar-refractivity contribution >= 4 is 0 Å². The van der Waals surface area contributed by atoms with E-state index in [2.05, 4.69) is 27.4 Å². The van der Waals surface area contributed by atoms with Crippen LogP contribution in [0.3, 0.4) is 0 Å². The van der Waals surface area contributed by atoms with Crippen LogP contribution in [0.1, 0.15) is 13.3 Å². The van der Waals surface area contributed by atoms with Crippen molar-refractivity contribution in [3.8, 4) is 0 Å². The van der Waals surface area contributed by atoms with Crippen LogP contribution in [0, 0.1) is 0 Å². The van der Waals surface area contributed by atoms with Crippen LogP contribution in [-0.4, -0.2) is 102 Å². The summed E-state index contributed by atoms with van der Waals surface area (Å²) in [5, 5.41) is 6.44. The van der Waals surface area contributed by atoms with E-state index in [1.54, 1.807) is 0 Å². The maximum Gasteiger partial charge on any atom is 0.0594 e. The van der Waals surface area contributed by atoms with Gasteiger partial charge in [-0.2, -0.15) is 0 Å². The Morgan fingerprint density at radius 3 is 1.82 bits per heavy atom. The van der Waals surface area contributed by atoms with Gasteiger partial charge in [0.2, 0.25) is 0 Å². The Morgan fingerprint density at radius 2 is 1.32 bits per heavy atom. The van der Waals surface area contributed by atoms with Gasteiger partial charge in [0.05, 0.1) is 26.4 Å². The molecule has 132 valence electrons. The smallest absolute Gasteiger partial charge is 0.0594 e. The highest BCUT2D eigenvalue weighted by Gasteiger charge is 2.15. The van der Waals surface area contributed by atoms with E-state index in [4.69, 9.17) is 9.47 Å². The second-order valence-corrected chi connectivity index (χ2v) is 5.76. The molecule has 0 spiro atoms. The standard InChI is InChI=1S/C16H36N4O2/c1-3-4-18-6-14-22-16-12-20-9-7-19(8-10-20)11-15-21-13-5-17-2/h17-18H,3-16H2,1-2H3. The van der Waals surface area contributed by atoms with E-state index in [-0.39, 0.29) is 0 Å². The van der Waals surface area contributed by atoms with Crippen molar-refractivity contribution in [2.45, 2.75) is 13.3 Å². The highest BCUT2D eigenvalue weighted by Crippen LogP contribution is 2.01. The average molecular weight is 316 g/mol. The molecule has 1 aliphatic rings. The first-order chi connectivity index (χ1) is 10.9. The van der Waals surface area contributed by atoms with Gasteiger partial charge in [-0.3, -0.25) is 9.80 Å². The van der Waals surface area contributed by atoms with Crippen LogP contribution in [0.25, 0.3) is 0 Å². The molecular weight excluding hydrogens is 280 g/mol.